The van der Waals surface area contributed by atoms with Gasteiger partial charge in [0.1, 0.15) is 5.60 Å². The van der Waals surface area contributed by atoms with Gasteiger partial charge in [0.05, 0.1) is 25.6 Å². The van der Waals surface area contributed by atoms with Crippen LogP contribution < -0.4 is 9.47 Å². The first-order valence-corrected chi connectivity index (χ1v) is 6.59. The second-order valence-electron chi connectivity index (χ2n) is 5.80. The molecule has 4 fully saturated rings. The summed E-state index contributed by atoms with van der Waals surface area (Å²) >= 11 is 0. The average Bonchev–Trinajstić information content (AvgIpc) is 2.86. The first-order valence-electron chi connectivity index (χ1n) is 6.59. The molecule has 4 nitrogen and oxygen atoms in total. The first kappa shape index (κ1) is 10.6. The highest BCUT2D eigenvalue weighted by Gasteiger charge is 2.77. The lowest BCUT2D eigenvalue weighted by molar-refractivity contribution is 0.159. The van der Waals surface area contributed by atoms with Crippen molar-refractivity contribution in [3.8, 4) is 11.5 Å². The van der Waals surface area contributed by atoms with Gasteiger partial charge in [-0.3, -0.25) is 4.98 Å². The third-order valence-corrected chi connectivity index (χ3v) is 4.98. The number of hydrogen-bond acceptors (Lipinski definition) is 4. The standard InChI is InChI=1S/C14H17NO3/c1-17-13-6-15-9(7-16)4-12(13)18-14-5-8-2-10(14)11(14)3-8/h4,6,8,10-11,16H,2-3,5,7H2,1H3. The maximum Gasteiger partial charge on any atom is 0.179 e. The van der Waals surface area contributed by atoms with Crippen LogP contribution in [-0.2, 0) is 6.61 Å². The highest BCUT2D eigenvalue weighted by Crippen LogP contribution is 2.74. The summed E-state index contributed by atoms with van der Waals surface area (Å²) in [5.41, 5.74) is 0.719. The predicted molar refractivity (Wildman–Crippen MR) is 64.4 cm³/mol. The molecule has 4 bridgehead atoms. The van der Waals surface area contributed by atoms with Gasteiger partial charge in [-0.05, 0) is 25.2 Å². The smallest absolute Gasteiger partial charge is 0.179 e. The molecule has 4 saturated carbocycles. The summed E-state index contributed by atoms with van der Waals surface area (Å²) in [5.74, 6) is 3.81. The van der Waals surface area contributed by atoms with Crippen molar-refractivity contribution in [1.29, 1.82) is 0 Å². The van der Waals surface area contributed by atoms with E-state index in [1.807, 2.05) is 0 Å². The predicted octanol–water partition coefficient (Wildman–Crippen LogP) is 1.76. The monoisotopic (exact) mass is 247 g/mol. The van der Waals surface area contributed by atoms with E-state index < -0.39 is 0 Å². The molecule has 2 atom stereocenters. The summed E-state index contributed by atoms with van der Waals surface area (Å²) in [4.78, 5) is 4.11. The SMILES string of the molecule is COc1cnc(CO)cc1OC12CC3CC1C2C3. The molecule has 2 unspecified atom stereocenters. The molecule has 1 aromatic heterocycles. The number of ether oxygens (including phenoxy) is 2. The zero-order valence-corrected chi connectivity index (χ0v) is 10.4. The topological polar surface area (TPSA) is 51.6 Å². The Bertz CT molecular complexity index is 490. The molecule has 18 heavy (non-hydrogen) atoms. The molecular weight excluding hydrogens is 230 g/mol. The van der Waals surface area contributed by atoms with E-state index in [-0.39, 0.29) is 12.2 Å². The Labute approximate surface area is 106 Å². The minimum absolute atomic E-state index is 0.0666. The normalized spacial score (nSPS) is 38.9. The van der Waals surface area contributed by atoms with Gasteiger partial charge in [0.2, 0.25) is 0 Å². The first-order chi connectivity index (χ1) is 8.76. The molecule has 0 saturated heterocycles. The number of hydrogen-bond donors (Lipinski definition) is 1. The van der Waals surface area contributed by atoms with Crippen molar-refractivity contribution in [3.63, 3.8) is 0 Å². The molecule has 96 valence electrons. The van der Waals surface area contributed by atoms with E-state index in [1.165, 1.54) is 19.3 Å². The number of nitrogens with zero attached hydrogens (tertiary/aromatic N) is 1. The summed E-state index contributed by atoms with van der Waals surface area (Å²) in [6.45, 7) is -0.0666. The quantitative estimate of drug-likeness (QED) is 0.880. The Morgan fingerprint density at radius 2 is 2.17 bits per heavy atom. The van der Waals surface area contributed by atoms with Gasteiger partial charge in [0.25, 0.3) is 0 Å². The Hall–Kier alpha value is -1.29. The molecule has 4 heteroatoms. The van der Waals surface area contributed by atoms with Crippen LogP contribution in [0.4, 0.5) is 0 Å². The lowest BCUT2D eigenvalue weighted by atomic mass is 10.1. The number of aliphatic hydroxyl groups excluding tert-OH is 1. The molecule has 0 amide bonds. The minimum atomic E-state index is -0.0666. The van der Waals surface area contributed by atoms with Crippen LogP contribution in [0.15, 0.2) is 12.3 Å². The van der Waals surface area contributed by atoms with E-state index >= 15 is 0 Å². The maximum atomic E-state index is 9.16. The van der Waals surface area contributed by atoms with Crippen LogP contribution in [0, 0.1) is 17.8 Å². The van der Waals surface area contributed by atoms with Gasteiger partial charge >= 0.3 is 0 Å². The van der Waals surface area contributed by atoms with Crippen molar-refractivity contribution in [2.75, 3.05) is 7.11 Å². The van der Waals surface area contributed by atoms with Gasteiger partial charge in [-0.15, -0.1) is 0 Å². The zero-order valence-electron chi connectivity index (χ0n) is 10.4. The van der Waals surface area contributed by atoms with Crippen LogP contribution in [0.25, 0.3) is 0 Å². The molecule has 1 aromatic rings. The molecule has 0 aromatic carbocycles. The highest BCUT2D eigenvalue weighted by atomic mass is 16.5. The summed E-state index contributed by atoms with van der Waals surface area (Å²) in [5, 5.41) is 9.16. The Balaban J connectivity index is 1.65. The number of aliphatic hydroxyl groups is 1. The fourth-order valence-electron chi connectivity index (χ4n) is 4.22. The van der Waals surface area contributed by atoms with Gasteiger partial charge in [-0.2, -0.15) is 0 Å². The molecule has 1 N–H and O–H groups in total. The van der Waals surface area contributed by atoms with Crippen LogP contribution in [0.1, 0.15) is 25.0 Å². The van der Waals surface area contributed by atoms with Crippen molar-refractivity contribution in [1.82, 2.24) is 4.98 Å². The van der Waals surface area contributed by atoms with Crippen LogP contribution >= 0.6 is 0 Å². The van der Waals surface area contributed by atoms with Crippen LogP contribution in [0.5, 0.6) is 11.5 Å². The van der Waals surface area contributed by atoms with E-state index in [4.69, 9.17) is 14.6 Å². The summed E-state index contributed by atoms with van der Waals surface area (Å²) < 4.78 is 11.6. The average molecular weight is 247 g/mol. The number of aromatic nitrogens is 1. The second kappa shape index (κ2) is 3.38. The highest BCUT2D eigenvalue weighted by molar-refractivity contribution is 5.41. The lowest BCUT2D eigenvalue weighted by Crippen LogP contribution is -2.18. The molecular formula is C14H17NO3. The van der Waals surface area contributed by atoms with E-state index in [2.05, 4.69) is 4.98 Å². The fourth-order valence-corrected chi connectivity index (χ4v) is 4.22. The lowest BCUT2D eigenvalue weighted by Gasteiger charge is -2.18. The van der Waals surface area contributed by atoms with Crippen molar-refractivity contribution in [2.24, 2.45) is 17.8 Å². The Morgan fingerprint density at radius 1 is 1.39 bits per heavy atom. The molecule has 0 radical (unpaired) electrons. The summed E-state index contributed by atoms with van der Waals surface area (Å²) in [7, 11) is 1.62. The van der Waals surface area contributed by atoms with Crippen molar-refractivity contribution >= 4 is 0 Å². The molecule has 5 rings (SSSR count). The van der Waals surface area contributed by atoms with Crippen LogP contribution in [0.2, 0.25) is 0 Å². The maximum absolute atomic E-state index is 9.16. The zero-order chi connectivity index (χ0) is 12.3. The molecule has 0 spiro atoms. The van der Waals surface area contributed by atoms with E-state index in [0.29, 0.717) is 11.4 Å². The van der Waals surface area contributed by atoms with Gasteiger partial charge < -0.3 is 14.6 Å². The van der Waals surface area contributed by atoms with Crippen molar-refractivity contribution in [2.45, 2.75) is 31.5 Å². The van der Waals surface area contributed by atoms with Gasteiger partial charge in [-0.25, -0.2) is 0 Å². The van der Waals surface area contributed by atoms with E-state index in [9.17, 15) is 0 Å². The number of rotatable bonds is 4. The largest absolute Gasteiger partial charge is 0.491 e. The van der Waals surface area contributed by atoms with Gasteiger partial charge in [0, 0.05) is 17.9 Å². The van der Waals surface area contributed by atoms with Gasteiger partial charge in [0.15, 0.2) is 11.5 Å². The second-order valence-corrected chi connectivity index (χ2v) is 5.80. The Kier molecular flexibility index (Phi) is 1.99. The number of methoxy groups -OCH3 is 1. The van der Waals surface area contributed by atoms with Crippen LogP contribution in [-0.4, -0.2) is 22.8 Å². The van der Waals surface area contributed by atoms with Crippen molar-refractivity contribution < 1.29 is 14.6 Å². The van der Waals surface area contributed by atoms with Gasteiger partial charge in [-0.1, -0.05) is 0 Å². The summed E-state index contributed by atoms with van der Waals surface area (Å²) in [6.07, 6.45) is 5.51. The van der Waals surface area contributed by atoms with Crippen molar-refractivity contribution in [3.05, 3.63) is 18.0 Å². The number of pyridine rings is 1. The minimum Gasteiger partial charge on any atom is -0.491 e. The molecule has 4 aliphatic carbocycles. The fraction of sp³-hybridized carbons (Fsp3) is 0.643. The molecule has 1 heterocycles. The molecule has 4 aliphatic rings. The summed E-state index contributed by atoms with van der Waals surface area (Å²) in [6, 6.07) is 1.80. The third-order valence-electron chi connectivity index (χ3n) is 4.98. The molecule has 0 aliphatic heterocycles. The van der Waals surface area contributed by atoms with Crippen LogP contribution in [0.3, 0.4) is 0 Å². The van der Waals surface area contributed by atoms with E-state index in [1.54, 1.807) is 19.4 Å². The third kappa shape index (κ3) is 1.21. The van der Waals surface area contributed by atoms with E-state index in [0.717, 1.165) is 23.5 Å². The Morgan fingerprint density at radius 3 is 2.72 bits per heavy atom.